The monoisotopic (exact) mass is 144 g/mol. The molecule has 1 aliphatic rings. The summed E-state index contributed by atoms with van der Waals surface area (Å²) in [6.45, 7) is 5.84. The maximum atomic E-state index is 12.7. The highest BCUT2D eigenvalue weighted by Gasteiger charge is 2.20. The number of alkyl halides is 1. The van der Waals surface area contributed by atoms with Crippen molar-refractivity contribution in [1.29, 1.82) is 0 Å². The Kier molecular flexibility index (Phi) is 2.66. The van der Waals surface area contributed by atoms with Crippen molar-refractivity contribution < 1.29 is 4.39 Å². The van der Waals surface area contributed by atoms with Crippen LogP contribution in [0.25, 0.3) is 0 Å². The molecule has 1 fully saturated rings. The van der Waals surface area contributed by atoms with E-state index in [0.29, 0.717) is 12.6 Å². The molecule has 1 heterocycles. The zero-order valence-electron chi connectivity index (χ0n) is 6.68. The molecule has 0 aliphatic carbocycles. The summed E-state index contributed by atoms with van der Waals surface area (Å²) in [5.74, 6) is 0. The standard InChI is InChI=1S/C8H15FN/c1-7(2)10-5-3-4-8(9)6-10/h4,7-8H,3,5-6H2,1-2H3. The van der Waals surface area contributed by atoms with E-state index in [-0.39, 0.29) is 0 Å². The van der Waals surface area contributed by atoms with E-state index in [1.54, 1.807) is 6.42 Å². The largest absolute Gasteiger partial charge is 0.298 e. The SMILES string of the molecule is CC(C)N1CC[CH]C(F)C1. The number of rotatable bonds is 1. The molecule has 1 radical (unpaired) electrons. The first-order chi connectivity index (χ1) is 4.70. The van der Waals surface area contributed by atoms with Gasteiger partial charge in [-0.15, -0.1) is 0 Å². The molecule has 0 amide bonds. The minimum absolute atomic E-state index is 0.493. The molecule has 1 atom stereocenters. The third kappa shape index (κ3) is 1.94. The Morgan fingerprint density at radius 1 is 1.60 bits per heavy atom. The number of hydrogen-bond donors (Lipinski definition) is 0. The Labute approximate surface area is 62.2 Å². The van der Waals surface area contributed by atoms with Crippen LogP contribution in [0.3, 0.4) is 0 Å². The highest BCUT2D eigenvalue weighted by atomic mass is 19.1. The van der Waals surface area contributed by atoms with Crippen molar-refractivity contribution in [2.75, 3.05) is 13.1 Å². The molecular formula is C8H15FN. The van der Waals surface area contributed by atoms with Crippen molar-refractivity contribution in [3.63, 3.8) is 0 Å². The quantitative estimate of drug-likeness (QED) is 0.541. The Bertz CT molecular complexity index is 103. The molecule has 0 bridgehead atoms. The van der Waals surface area contributed by atoms with E-state index in [0.717, 1.165) is 13.0 Å². The summed E-state index contributed by atoms with van der Waals surface area (Å²) < 4.78 is 12.7. The van der Waals surface area contributed by atoms with Gasteiger partial charge in [0.05, 0.1) is 0 Å². The fraction of sp³-hybridized carbons (Fsp3) is 0.875. The van der Waals surface area contributed by atoms with Crippen LogP contribution < -0.4 is 0 Å². The molecule has 10 heavy (non-hydrogen) atoms. The maximum absolute atomic E-state index is 12.7. The molecule has 1 unspecified atom stereocenters. The summed E-state index contributed by atoms with van der Waals surface area (Å²) in [4.78, 5) is 2.17. The lowest BCUT2D eigenvalue weighted by molar-refractivity contribution is 0.144. The predicted octanol–water partition coefficient (Wildman–Crippen LogP) is 1.64. The van der Waals surface area contributed by atoms with Crippen LogP contribution in [-0.4, -0.2) is 30.2 Å². The molecular weight excluding hydrogens is 129 g/mol. The third-order valence-corrected chi connectivity index (χ3v) is 1.98. The van der Waals surface area contributed by atoms with Gasteiger partial charge in [-0.2, -0.15) is 0 Å². The Morgan fingerprint density at radius 2 is 2.30 bits per heavy atom. The highest BCUT2D eigenvalue weighted by Crippen LogP contribution is 2.13. The number of piperidine rings is 1. The summed E-state index contributed by atoms with van der Waals surface area (Å²) in [5, 5.41) is 0. The number of likely N-dealkylation sites (tertiary alicyclic amines) is 1. The smallest absolute Gasteiger partial charge is 0.116 e. The summed E-state index contributed by atoms with van der Waals surface area (Å²) in [5.41, 5.74) is 0. The van der Waals surface area contributed by atoms with E-state index in [2.05, 4.69) is 18.7 Å². The minimum atomic E-state index is -0.698. The van der Waals surface area contributed by atoms with Crippen LogP contribution >= 0.6 is 0 Å². The van der Waals surface area contributed by atoms with Gasteiger partial charge in [0.25, 0.3) is 0 Å². The van der Waals surface area contributed by atoms with Crippen LogP contribution in [0.1, 0.15) is 20.3 Å². The molecule has 1 nitrogen and oxygen atoms in total. The van der Waals surface area contributed by atoms with Crippen LogP contribution in [-0.2, 0) is 0 Å². The molecule has 0 aromatic rings. The van der Waals surface area contributed by atoms with E-state index in [4.69, 9.17) is 0 Å². The number of halogens is 1. The second-order valence-corrected chi connectivity index (χ2v) is 3.13. The molecule has 0 aromatic carbocycles. The van der Waals surface area contributed by atoms with Gasteiger partial charge in [-0.05, 0) is 33.2 Å². The Hall–Kier alpha value is -0.110. The van der Waals surface area contributed by atoms with Crippen LogP contribution in [0, 0.1) is 6.42 Å². The fourth-order valence-corrected chi connectivity index (χ4v) is 1.28. The lowest BCUT2D eigenvalue weighted by Crippen LogP contribution is -2.40. The van der Waals surface area contributed by atoms with Crippen molar-refractivity contribution in [1.82, 2.24) is 4.90 Å². The zero-order valence-corrected chi connectivity index (χ0v) is 6.68. The molecule has 0 saturated carbocycles. The Balaban J connectivity index is 2.32. The summed E-state index contributed by atoms with van der Waals surface area (Å²) in [7, 11) is 0. The predicted molar refractivity (Wildman–Crippen MR) is 40.5 cm³/mol. The van der Waals surface area contributed by atoms with Crippen LogP contribution in [0.15, 0.2) is 0 Å². The molecule has 1 saturated heterocycles. The summed E-state index contributed by atoms with van der Waals surface area (Å²) in [6.07, 6.45) is 1.97. The van der Waals surface area contributed by atoms with E-state index < -0.39 is 6.17 Å². The lowest BCUT2D eigenvalue weighted by Gasteiger charge is -2.31. The van der Waals surface area contributed by atoms with Gasteiger partial charge >= 0.3 is 0 Å². The van der Waals surface area contributed by atoms with E-state index in [9.17, 15) is 4.39 Å². The topological polar surface area (TPSA) is 3.24 Å². The zero-order chi connectivity index (χ0) is 7.56. The first-order valence-corrected chi connectivity index (χ1v) is 3.91. The Morgan fingerprint density at radius 3 is 2.70 bits per heavy atom. The average Bonchev–Trinajstić information content (AvgIpc) is 1.88. The van der Waals surface area contributed by atoms with Crippen molar-refractivity contribution in [3.8, 4) is 0 Å². The van der Waals surface area contributed by atoms with Crippen LogP contribution in [0.5, 0.6) is 0 Å². The first kappa shape index (κ1) is 7.99. The molecule has 59 valence electrons. The minimum Gasteiger partial charge on any atom is -0.298 e. The van der Waals surface area contributed by atoms with Gasteiger partial charge in [0.2, 0.25) is 0 Å². The summed E-state index contributed by atoms with van der Waals surface area (Å²) >= 11 is 0. The molecule has 2 heteroatoms. The van der Waals surface area contributed by atoms with E-state index in [1.807, 2.05) is 0 Å². The van der Waals surface area contributed by atoms with Gasteiger partial charge in [-0.3, -0.25) is 4.90 Å². The number of nitrogens with zero attached hydrogens (tertiary/aromatic N) is 1. The lowest BCUT2D eigenvalue weighted by atomic mass is 10.1. The molecule has 0 N–H and O–H groups in total. The fourth-order valence-electron chi connectivity index (χ4n) is 1.28. The van der Waals surface area contributed by atoms with E-state index >= 15 is 0 Å². The van der Waals surface area contributed by atoms with Gasteiger partial charge < -0.3 is 0 Å². The van der Waals surface area contributed by atoms with Gasteiger partial charge in [0.1, 0.15) is 6.17 Å². The third-order valence-electron chi connectivity index (χ3n) is 1.98. The number of hydrogen-bond acceptors (Lipinski definition) is 1. The average molecular weight is 144 g/mol. The first-order valence-electron chi connectivity index (χ1n) is 3.91. The maximum Gasteiger partial charge on any atom is 0.116 e. The normalized spacial score (nSPS) is 29.4. The highest BCUT2D eigenvalue weighted by molar-refractivity contribution is 4.86. The molecule has 0 spiro atoms. The summed E-state index contributed by atoms with van der Waals surface area (Å²) in [6, 6.07) is 0.493. The second-order valence-electron chi connectivity index (χ2n) is 3.13. The van der Waals surface area contributed by atoms with Gasteiger partial charge in [-0.25, -0.2) is 4.39 Å². The van der Waals surface area contributed by atoms with Crippen LogP contribution in [0.4, 0.5) is 4.39 Å². The van der Waals surface area contributed by atoms with Crippen molar-refractivity contribution >= 4 is 0 Å². The second kappa shape index (κ2) is 3.33. The van der Waals surface area contributed by atoms with Gasteiger partial charge in [-0.1, -0.05) is 0 Å². The van der Waals surface area contributed by atoms with Gasteiger partial charge in [0, 0.05) is 12.6 Å². The van der Waals surface area contributed by atoms with Gasteiger partial charge in [0.15, 0.2) is 0 Å². The molecule has 1 aliphatic heterocycles. The molecule has 0 aromatic heterocycles. The van der Waals surface area contributed by atoms with Crippen LogP contribution in [0.2, 0.25) is 0 Å². The van der Waals surface area contributed by atoms with Crippen molar-refractivity contribution in [3.05, 3.63) is 6.42 Å². The van der Waals surface area contributed by atoms with E-state index in [1.165, 1.54) is 0 Å². The molecule has 1 rings (SSSR count). The van der Waals surface area contributed by atoms with Crippen molar-refractivity contribution in [2.24, 2.45) is 0 Å². The van der Waals surface area contributed by atoms with Crippen molar-refractivity contribution in [2.45, 2.75) is 32.5 Å².